The molecule has 2 amide bonds. The van der Waals surface area contributed by atoms with Crippen molar-refractivity contribution >= 4 is 51.1 Å². The Morgan fingerprint density at radius 3 is 2.65 bits per heavy atom. The number of nitrogens with two attached hydrogens (primary N) is 1. The van der Waals surface area contributed by atoms with Gasteiger partial charge in [0.1, 0.15) is 10.8 Å². The molecule has 3 aromatic rings. The minimum atomic E-state index is -4.49. The number of hydrogen-bond acceptors (Lipinski definition) is 8. The Bertz CT molecular complexity index is 1480. The molecule has 2 aliphatic rings. The van der Waals surface area contributed by atoms with Gasteiger partial charge >= 0.3 is 6.18 Å². The van der Waals surface area contributed by atoms with Crippen molar-refractivity contribution in [2.75, 3.05) is 14.1 Å². The van der Waals surface area contributed by atoms with Crippen LogP contribution in [0.5, 0.6) is 0 Å². The normalized spacial score (nSPS) is 18.4. The number of aromatic nitrogens is 1. The fourth-order valence-electron chi connectivity index (χ4n) is 4.42. The zero-order chi connectivity index (χ0) is 26.6. The number of thiazole rings is 1. The number of hydrazone groups is 1. The summed E-state index contributed by atoms with van der Waals surface area (Å²) in [6, 6.07) is 8.11. The lowest BCUT2D eigenvalue weighted by Crippen LogP contribution is -2.46. The monoisotopic (exact) mass is 529 g/mol. The fourth-order valence-corrected chi connectivity index (χ4v) is 5.35. The van der Waals surface area contributed by atoms with Crippen molar-refractivity contribution < 1.29 is 22.8 Å². The second-order valence-corrected chi connectivity index (χ2v) is 9.93. The van der Waals surface area contributed by atoms with Gasteiger partial charge in [0, 0.05) is 38.4 Å². The Kier molecular flexibility index (Phi) is 5.89. The molecule has 9 nitrogen and oxygen atoms in total. The number of amidine groups is 1. The molecule has 192 valence electrons. The summed E-state index contributed by atoms with van der Waals surface area (Å²) in [5.74, 6) is -0.653. The van der Waals surface area contributed by atoms with Crippen LogP contribution in [-0.2, 0) is 17.5 Å². The molecule has 37 heavy (non-hydrogen) atoms. The van der Waals surface area contributed by atoms with E-state index in [1.54, 1.807) is 29.4 Å². The summed E-state index contributed by atoms with van der Waals surface area (Å²) >= 11 is 1.16. The standard InChI is InChI=1S/C24H22F3N7O2S/c1-12(35)33(3)34(11-20-30-18-9-14(24(25,26)27)5-7-19(18)37-20)23(36)13-4-6-17-15(8-13)21-16(22(28)31-17)10-29-32(21)2/h4-10,16,21H,11H2,1-3H3,(H2,28,31). The van der Waals surface area contributed by atoms with E-state index in [2.05, 4.69) is 15.1 Å². The molecule has 2 N–H and O–H groups in total. The molecular weight excluding hydrogens is 507 g/mol. The lowest BCUT2D eigenvalue weighted by atomic mass is 9.88. The SMILES string of the molecule is CC(=O)N(C)N(Cc1nc2cc(C(F)(F)F)ccc2s1)C(=O)c1ccc2c(c1)C1C(C=NN1C)C(N)=N2. The van der Waals surface area contributed by atoms with Gasteiger partial charge in [-0.05, 0) is 36.4 Å². The van der Waals surface area contributed by atoms with Crippen LogP contribution in [-0.4, -0.2) is 58.0 Å². The van der Waals surface area contributed by atoms with Gasteiger partial charge in [0.2, 0.25) is 5.91 Å². The van der Waals surface area contributed by atoms with Crippen molar-refractivity contribution in [3.05, 3.63) is 58.1 Å². The molecule has 2 atom stereocenters. The van der Waals surface area contributed by atoms with Gasteiger partial charge < -0.3 is 5.73 Å². The predicted molar refractivity (Wildman–Crippen MR) is 133 cm³/mol. The largest absolute Gasteiger partial charge is 0.416 e. The topological polar surface area (TPSA) is 107 Å². The summed E-state index contributed by atoms with van der Waals surface area (Å²) < 4.78 is 39.9. The Morgan fingerprint density at radius 1 is 1.19 bits per heavy atom. The van der Waals surface area contributed by atoms with Gasteiger partial charge in [0.15, 0.2) is 0 Å². The van der Waals surface area contributed by atoms with Crippen molar-refractivity contribution in [1.82, 2.24) is 20.0 Å². The first-order chi connectivity index (χ1) is 17.4. The Balaban J connectivity index is 1.49. The van der Waals surface area contributed by atoms with E-state index in [9.17, 15) is 22.8 Å². The number of nitrogens with zero attached hydrogens (tertiary/aromatic N) is 6. The smallest absolute Gasteiger partial charge is 0.387 e. The quantitative estimate of drug-likeness (QED) is 0.517. The van der Waals surface area contributed by atoms with Crippen LogP contribution >= 0.6 is 11.3 Å². The van der Waals surface area contributed by atoms with Gasteiger partial charge in [-0.3, -0.25) is 19.6 Å². The maximum absolute atomic E-state index is 13.7. The molecule has 0 aliphatic carbocycles. The Labute approximate surface area is 213 Å². The first-order valence-electron chi connectivity index (χ1n) is 11.2. The van der Waals surface area contributed by atoms with Crippen LogP contribution in [0.3, 0.4) is 0 Å². The van der Waals surface area contributed by atoms with Crippen molar-refractivity contribution in [1.29, 1.82) is 0 Å². The van der Waals surface area contributed by atoms with E-state index in [4.69, 9.17) is 5.73 Å². The molecule has 0 saturated carbocycles. The number of carbonyl (C=O) groups is 2. The Hall–Kier alpha value is -4.00. The molecule has 5 rings (SSSR count). The zero-order valence-corrected chi connectivity index (χ0v) is 20.8. The third-order valence-corrected chi connectivity index (χ3v) is 7.45. The summed E-state index contributed by atoms with van der Waals surface area (Å²) in [5.41, 5.74) is 7.19. The molecule has 0 bridgehead atoms. The number of hydrazine groups is 1. The number of aliphatic imine (C=N–C) groups is 1. The molecule has 0 spiro atoms. The minimum absolute atomic E-state index is 0.104. The lowest BCUT2D eigenvalue weighted by Gasteiger charge is -2.32. The van der Waals surface area contributed by atoms with E-state index < -0.39 is 23.6 Å². The van der Waals surface area contributed by atoms with Crippen molar-refractivity contribution in [3.8, 4) is 0 Å². The summed E-state index contributed by atoms with van der Waals surface area (Å²) in [6.07, 6.45) is -2.78. The second kappa shape index (κ2) is 8.83. The third-order valence-electron chi connectivity index (χ3n) is 6.43. The van der Waals surface area contributed by atoms with E-state index in [-0.39, 0.29) is 24.0 Å². The summed E-state index contributed by atoms with van der Waals surface area (Å²) in [5, 5.41) is 8.84. The first-order valence-corrected chi connectivity index (χ1v) is 12.0. The lowest BCUT2D eigenvalue weighted by molar-refractivity contribution is -0.140. The number of amides is 2. The first kappa shape index (κ1) is 24.7. The number of rotatable bonds is 3. The molecule has 0 fully saturated rings. The van der Waals surface area contributed by atoms with E-state index in [1.807, 2.05) is 7.05 Å². The van der Waals surface area contributed by atoms with Crippen LogP contribution in [0.25, 0.3) is 10.2 Å². The van der Waals surface area contributed by atoms with E-state index in [0.29, 0.717) is 26.8 Å². The van der Waals surface area contributed by atoms with Crippen LogP contribution in [0, 0.1) is 5.92 Å². The maximum Gasteiger partial charge on any atom is 0.416 e. The van der Waals surface area contributed by atoms with Gasteiger partial charge in [-0.25, -0.2) is 15.0 Å². The van der Waals surface area contributed by atoms with Crippen LogP contribution in [0.15, 0.2) is 46.5 Å². The van der Waals surface area contributed by atoms with Crippen LogP contribution in [0.1, 0.15) is 39.5 Å². The number of hydrogen-bond donors (Lipinski definition) is 1. The van der Waals surface area contributed by atoms with Gasteiger partial charge in [-0.15, -0.1) is 11.3 Å². The molecule has 2 unspecified atom stereocenters. The van der Waals surface area contributed by atoms with Crippen molar-refractivity contribution in [3.63, 3.8) is 0 Å². The van der Waals surface area contributed by atoms with Crippen molar-refractivity contribution in [2.24, 2.45) is 21.7 Å². The van der Waals surface area contributed by atoms with E-state index in [1.165, 1.54) is 30.1 Å². The summed E-state index contributed by atoms with van der Waals surface area (Å²) in [7, 11) is 3.26. The Morgan fingerprint density at radius 2 is 1.95 bits per heavy atom. The van der Waals surface area contributed by atoms with Gasteiger partial charge in [0.25, 0.3) is 5.91 Å². The highest BCUT2D eigenvalue weighted by Gasteiger charge is 2.38. The average molecular weight is 530 g/mol. The number of alkyl halides is 3. The fraction of sp³-hybridized carbons (Fsp3) is 0.292. The molecule has 1 aromatic heterocycles. The number of benzene rings is 2. The zero-order valence-electron chi connectivity index (χ0n) is 20.0. The van der Waals surface area contributed by atoms with Crippen LogP contribution in [0.2, 0.25) is 0 Å². The minimum Gasteiger partial charge on any atom is -0.387 e. The highest BCUT2D eigenvalue weighted by atomic mass is 32.1. The van der Waals surface area contributed by atoms with Gasteiger partial charge in [-0.2, -0.15) is 18.3 Å². The molecule has 0 saturated heterocycles. The second-order valence-electron chi connectivity index (χ2n) is 8.81. The average Bonchev–Trinajstić information content (AvgIpc) is 3.44. The van der Waals surface area contributed by atoms with Crippen LogP contribution < -0.4 is 5.73 Å². The molecule has 2 aromatic carbocycles. The highest BCUT2D eigenvalue weighted by molar-refractivity contribution is 7.18. The summed E-state index contributed by atoms with van der Waals surface area (Å²) in [6.45, 7) is 1.21. The van der Waals surface area contributed by atoms with E-state index >= 15 is 0 Å². The molecule has 3 heterocycles. The number of halogens is 3. The number of fused-ring (bicyclic) bond motifs is 4. The van der Waals surface area contributed by atoms with Crippen molar-refractivity contribution in [2.45, 2.75) is 25.7 Å². The number of carbonyl (C=O) groups excluding carboxylic acids is 2. The highest BCUT2D eigenvalue weighted by Crippen LogP contribution is 2.41. The van der Waals surface area contributed by atoms with E-state index in [0.717, 1.165) is 29.0 Å². The van der Waals surface area contributed by atoms with Crippen LogP contribution in [0.4, 0.5) is 18.9 Å². The summed E-state index contributed by atoms with van der Waals surface area (Å²) in [4.78, 5) is 34.7. The molecule has 2 aliphatic heterocycles. The molecule has 13 heteroatoms. The molecular formula is C24H22F3N7O2S. The van der Waals surface area contributed by atoms with Gasteiger partial charge in [0.05, 0.1) is 40.0 Å². The van der Waals surface area contributed by atoms with Gasteiger partial charge in [-0.1, -0.05) is 0 Å². The molecule has 0 radical (unpaired) electrons. The maximum atomic E-state index is 13.7. The predicted octanol–water partition coefficient (Wildman–Crippen LogP) is 3.94. The third kappa shape index (κ3) is 4.39.